The Balaban J connectivity index is 2.05. The molecule has 0 aromatic rings. The maximum atomic E-state index is 6.05. The third-order valence-corrected chi connectivity index (χ3v) is 3.70. The molecule has 1 spiro atoms. The van der Waals surface area contributed by atoms with Gasteiger partial charge < -0.3 is 14.8 Å². The van der Waals surface area contributed by atoms with Crippen molar-refractivity contribution in [3.05, 3.63) is 0 Å². The quantitative estimate of drug-likeness (QED) is 0.719. The number of hydrogen-bond donors (Lipinski definition) is 1. The Morgan fingerprint density at radius 1 is 1.20 bits per heavy atom. The maximum absolute atomic E-state index is 6.05. The second-order valence-electron chi connectivity index (χ2n) is 5.54. The Morgan fingerprint density at radius 2 is 2.00 bits per heavy atom. The smallest absolute Gasteiger partial charge is 0.0746 e. The zero-order valence-electron chi connectivity index (χ0n) is 10.1. The van der Waals surface area contributed by atoms with Crippen molar-refractivity contribution in [2.24, 2.45) is 0 Å². The van der Waals surface area contributed by atoms with Crippen molar-refractivity contribution in [1.29, 1.82) is 0 Å². The van der Waals surface area contributed by atoms with E-state index in [2.05, 4.69) is 19.2 Å². The summed E-state index contributed by atoms with van der Waals surface area (Å²) in [4.78, 5) is 0. The van der Waals surface area contributed by atoms with E-state index in [-0.39, 0.29) is 11.2 Å². The summed E-state index contributed by atoms with van der Waals surface area (Å²) < 4.78 is 11.8. The Kier molecular flexibility index (Phi) is 3.06. The predicted molar refractivity (Wildman–Crippen MR) is 60.0 cm³/mol. The summed E-state index contributed by atoms with van der Waals surface area (Å²) in [6.07, 6.45) is 4.35. The third kappa shape index (κ3) is 2.52. The molecule has 2 rings (SSSR count). The molecule has 0 amide bonds. The SMILES string of the molecule is CNC1CCOC2(CCOC(C)(C)C2)C1. The summed E-state index contributed by atoms with van der Waals surface area (Å²) in [5, 5.41) is 3.38. The van der Waals surface area contributed by atoms with E-state index in [9.17, 15) is 0 Å². The lowest BCUT2D eigenvalue weighted by atomic mass is 9.78. The van der Waals surface area contributed by atoms with Crippen LogP contribution in [0.5, 0.6) is 0 Å². The highest BCUT2D eigenvalue weighted by atomic mass is 16.5. The summed E-state index contributed by atoms with van der Waals surface area (Å²) in [5.41, 5.74) is 0.0571. The van der Waals surface area contributed by atoms with E-state index in [1.807, 2.05) is 7.05 Å². The Labute approximate surface area is 92.5 Å². The first-order valence-electron chi connectivity index (χ1n) is 6.00. The molecule has 15 heavy (non-hydrogen) atoms. The lowest BCUT2D eigenvalue weighted by Gasteiger charge is -2.48. The van der Waals surface area contributed by atoms with Crippen molar-refractivity contribution in [3.63, 3.8) is 0 Å². The van der Waals surface area contributed by atoms with Crippen LogP contribution in [0.4, 0.5) is 0 Å². The fourth-order valence-electron chi connectivity index (χ4n) is 3.00. The van der Waals surface area contributed by atoms with Gasteiger partial charge in [0.25, 0.3) is 0 Å². The topological polar surface area (TPSA) is 30.5 Å². The first kappa shape index (κ1) is 11.4. The van der Waals surface area contributed by atoms with E-state index in [0.717, 1.165) is 38.9 Å². The first-order chi connectivity index (χ1) is 7.05. The van der Waals surface area contributed by atoms with Crippen LogP contribution in [-0.4, -0.2) is 37.5 Å². The van der Waals surface area contributed by atoms with Crippen LogP contribution in [0, 0.1) is 0 Å². The number of nitrogens with one attached hydrogen (secondary N) is 1. The highest BCUT2D eigenvalue weighted by Gasteiger charge is 2.44. The molecule has 2 atom stereocenters. The molecule has 3 nitrogen and oxygen atoms in total. The molecule has 0 aromatic carbocycles. The summed E-state index contributed by atoms with van der Waals surface area (Å²) in [6.45, 7) is 6.06. The van der Waals surface area contributed by atoms with Crippen molar-refractivity contribution in [2.75, 3.05) is 20.3 Å². The molecule has 2 heterocycles. The van der Waals surface area contributed by atoms with E-state index < -0.39 is 0 Å². The van der Waals surface area contributed by atoms with Gasteiger partial charge in [-0.15, -0.1) is 0 Å². The average Bonchev–Trinajstić information content (AvgIpc) is 2.15. The van der Waals surface area contributed by atoms with Crippen LogP contribution in [0.15, 0.2) is 0 Å². The number of hydrogen-bond acceptors (Lipinski definition) is 3. The van der Waals surface area contributed by atoms with Crippen LogP contribution in [0.1, 0.15) is 39.5 Å². The van der Waals surface area contributed by atoms with Gasteiger partial charge in [0.15, 0.2) is 0 Å². The summed E-state index contributed by atoms with van der Waals surface area (Å²) in [7, 11) is 2.05. The van der Waals surface area contributed by atoms with Gasteiger partial charge in [-0.25, -0.2) is 0 Å². The van der Waals surface area contributed by atoms with Gasteiger partial charge >= 0.3 is 0 Å². The molecular formula is C12H23NO2. The normalized spacial score (nSPS) is 40.6. The molecule has 88 valence electrons. The van der Waals surface area contributed by atoms with Crippen LogP contribution in [0.3, 0.4) is 0 Å². The largest absolute Gasteiger partial charge is 0.375 e. The lowest BCUT2D eigenvalue weighted by Crippen LogP contribution is -2.53. The van der Waals surface area contributed by atoms with E-state index in [1.165, 1.54) is 0 Å². The summed E-state index contributed by atoms with van der Waals surface area (Å²) in [6, 6.07) is 0.618. The molecule has 0 aromatic heterocycles. The molecule has 0 saturated carbocycles. The summed E-state index contributed by atoms with van der Waals surface area (Å²) >= 11 is 0. The highest BCUT2D eigenvalue weighted by molar-refractivity contribution is 4.96. The van der Waals surface area contributed by atoms with E-state index in [4.69, 9.17) is 9.47 Å². The fourth-order valence-corrected chi connectivity index (χ4v) is 3.00. The Bertz CT molecular complexity index is 226. The van der Waals surface area contributed by atoms with Gasteiger partial charge in [0, 0.05) is 19.1 Å². The fraction of sp³-hybridized carbons (Fsp3) is 1.00. The van der Waals surface area contributed by atoms with Crippen molar-refractivity contribution in [1.82, 2.24) is 5.32 Å². The van der Waals surface area contributed by atoms with Crippen molar-refractivity contribution in [2.45, 2.75) is 56.8 Å². The van der Waals surface area contributed by atoms with Crippen LogP contribution in [0.2, 0.25) is 0 Å². The lowest BCUT2D eigenvalue weighted by molar-refractivity contribution is -0.188. The Morgan fingerprint density at radius 3 is 2.67 bits per heavy atom. The van der Waals surface area contributed by atoms with Crippen LogP contribution in [0.25, 0.3) is 0 Å². The van der Waals surface area contributed by atoms with E-state index >= 15 is 0 Å². The van der Waals surface area contributed by atoms with Gasteiger partial charge in [0.05, 0.1) is 17.8 Å². The monoisotopic (exact) mass is 213 g/mol. The minimum Gasteiger partial charge on any atom is -0.375 e. The minimum atomic E-state index is -0.0200. The molecule has 2 aliphatic rings. The van der Waals surface area contributed by atoms with E-state index in [1.54, 1.807) is 0 Å². The van der Waals surface area contributed by atoms with Crippen LogP contribution < -0.4 is 5.32 Å². The molecular weight excluding hydrogens is 190 g/mol. The van der Waals surface area contributed by atoms with Gasteiger partial charge in [-0.1, -0.05) is 0 Å². The van der Waals surface area contributed by atoms with Crippen molar-refractivity contribution < 1.29 is 9.47 Å². The third-order valence-electron chi connectivity index (χ3n) is 3.70. The molecule has 3 heteroatoms. The van der Waals surface area contributed by atoms with E-state index in [0.29, 0.717) is 6.04 Å². The molecule has 0 bridgehead atoms. The van der Waals surface area contributed by atoms with Crippen molar-refractivity contribution in [3.8, 4) is 0 Å². The van der Waals surface area contributed by atoms with Gasteiger partial charge in [-0.3, -0.25) is 0 Å². The molecule has 2 saturated heterocycles. The van der Waals surface area contributed by atoms with Crippen LogP contribution >= 0.6 is 0 Å². The zero-order valence-corrected chi connectivity index (χ0v) is 10.1. The molecule has 0 aliphatic carbocycles. The Hall–Kier alpha value is -0.120. The van der Waals surface area contributed by atoms with Gasteiger partial charge in [0.2, 0.25) is 0 Å². The zero-order chi connectivity index (χ0) is 10.9. The average molecular weight is 213 g/mol. The van der Waals surface area contributed by atoms with Gasteiger partial charge in [-0.05, 0) is 40.2 Å². The molecule has 1 N–H and O–H groups in total. The molecule has 0 radical (unpaired) electrons. The highest BCUT2D eigenvalue weighted by Crippen LogP contribution is 2.40. The predicted octanol–water partition coefficient (Wildman–Crippen LogP) is 1.71. The molecule has 2 unspecified atom stereocenters. The number of rotatable bonds is 1. The van der Waals surface area contributed by atoms with Gasteiger partial charge in [0.1, 0.15) is 0 Å². The maximum Gasteiger partial charge on any atom is 0.0746 e. The van der Waals surface area contributed by atoms with Crippen LogP contribution in [-0.2, 0) is 9.47 Å². The molecule has 2 fully saturated rings. The molecule has 2 aliphatic heterocycles. The second-order valence-corrected chi connectivity index (χ2v) is 5.54. The number of ether oxygens (including phenoxy) is 2. The minimum absolute atomic E-state index is 0.0200. The van der Waals surface area contributed by atoms with Gasteiger partial charge in [-0.2, -0.15) is 0 Å². The second kappa shape index (κ2) is 4.04. The summed E-state index contributed by atoms with van der Waals surface area (Å²) in [5.74, 6) is 0. The van der Waals surface area contributed by atoms with Crippen molar-refractivity contribution >= 4 is 0 Å². The first-order valence-corrected chi connectivity index (χ1v) is 6.00. The standard InChI is InChI=1S/C12H23NO2/c1-11(2)9-12(5-7-14-11)8-10(13-3)4-6-15-12/h10,13H,4-9H2,1-3H3.